The van der Waals surface area contributed by atoms with Gasteiger partial charge >= 0.3 is 0 Å². The molecule has 2 aromatic carbocycles. The molecule has 5 rings (SSSR count). The largest absolute Gasteiger partial charge is 0.393 e. The minimum atomic E-state index is -1.27. The average Bonchev–Trinajstić information content (AvgIpc) is 3.24. The van der Waals surface area contributed by atoms with E-state index in [1.165, 1.54) is 6.07 Å². The highest BCUT2D eigenvalue weighted by Crippen LogP contribution is 2.29. The third kappa shape index (κ3) is 4.12. The van der Waals surface area contributed by atoms with Crippen LogP contribution in [-0.2, 0) is 10.8 Å². The summed E-state index contributed by atoms with van der Waals surface area (Å²) in [6, 6.07) is 11.7. The van der Waals surface area contributed by atoms with Gasteiger partial charge in [-0.3, -0.25) is 13.6 Å². The number of aromatic nitrogens is 3. The van der Waals surface area contributed by atoms with E-state index in [1.54, 1.807) is 70.7 Å². The molecule has 174 valence electrons. The number of amides is 1. The highest BCUT2D eigenvalue weighted by Gasteiger charge is 2.24. The van der Waals surface area contributed by atoms with E-state index in [-0.39, 0.29) is 17.8 Å². The first-order valence-corrected chi connectivity index (χ1v) is 12.5. The molecule has 0 spiro atoms. The number of carbonyl (C=O) groups is 1. The van der Waals surface area contributed by atoms with E-state index in [9.17, 15) is 18.5 Å². The number of halogens is 1. The van der Waals surface area contributed by atoms with Crippen molar-refractivity contribution in [3.63, 3.8) is 0 Å². The van der Waals surface area contributed by atoms with Gasteiger partial charge in [-0.15, -0.1) is 0 Å². The molecule has 1 N–H and O–H groups in total. The van der Waals surface area contributed by atoms with Crippen molar-refractivity contribution in [3.05, 3.63) is 72.4 Å². The normalized spacial score (nSPS) is 15.6. The third-order valence-corrected chi connectivity index (χ3v) is 7.06. The Morgan fingerprint density at radius 3 is 2.50 bits per heavy atom. The Labute approximate surface area is 198 Å². The average molecular weight is 479 g/mol. The molecule has 1 saturated heterocycles. The Bertz CT molecular complexity index is 1400. The second-order valence-electron chi connectivity index (χ2n) is 8.32. The van der Waals surface area contributed by atoms with Crippen LogP contribution in [0.5, 0.6) is 0 Å². The Kier molecular flexibility index (Phi) is 5.97. The second kappa shape index (κ2) is 9.08. The molecule has 1 fully saturated rings. The van der Waals surface area contributed by atoms with Crippen LogP contribution in [0.3, 0.4) is 0 Å². The number of nitrogens with zero attached hydrogens (tertiary/aromatic N) is 4. The van der Waals surface area contributed by atoms with E-state index in [2.05, 4.69) is 9.97 Å². The minimum absolute atomic E-state index is 0.114. The van der Waals surface area contributed by atoms with Crippen molar-refractivity contribution in [2.24, 2.45) is 0 Å². The number of benzene rings is 2. The van der Waals surface area contributed by atoms with Crippen molar-refractivity contribution in [3.8, 4) is 17.1 Å². The van der Waals surface area contributed by atoms with E-state index in [1.807, 2.05) is 0 Å². The van der Waals surface area contributed by atoms with Crippen LogP contribution < -0.4 is 0 Å². The minimum Gasteiger partial charge on any atom is -0.393 e. The molecule has 1 atom stereocenters. The first-order valence-electron chi connectivity index (χ1n) is 11.0. The van der Waals surface area contributed by atoms with Gasteiger partial charge in [0.2, 0.25) is 5.95 Å². The molecule has 2 aromatic heterocycles. The fourth-order valence-corrected chi connectivity index (χ4v) is 4.99. The second-order valence-corrected chi connectivity index (χ2v) is 9.67. The predicted octanol–water partition coefficient (Wildman–Crippen LogP) is 3.56. The van der Waals surface area contributed by atoms with Gasteiger partial charge in [0.15, 0.2) is 0 Å². The van der Waals surface area contributed by atoms with E-state index in [0.717, 1.165) is 5.39 Å². The SMILES string of the molecule is CS(=O)c1cn(-c2ncc(-c3ccccc3F)cn2)c2cc(C(=O)N3CCC(O)CC3)ccc12. The molecule has 1 unspecified atom stereocenters. The third-order valence-electron chi connectivity index (χ3n) is 6.12. The number of rotatable bonds is 4. The summed E-state index contributed by atoms with van der Waals surface area (Å²) in [6.07, 6.45) is 7.16. The summed E-state index contributed by atoms with van der Waals surface area (Å²) in [7, 11) is -1.27. The van der Waals surface area contributed by atoms with Crippen molar-refractivity contribution < 1.29 is 18.5 Å². The Morgan fingerprint density at radius 1 is 1.12 bits per heavy atom. The topological polar surface area (TPSA) is 88.3 Å². The quantitative estimate of drug-likeness (QED) is 0.485. The maximum Gasteiger partial charge on any atom is 0.253 e. The first kappa shape index (κ1) is 22.4. The Balaban J connectivity index is 1.55. The number of aliphatic hydroxyl groups is 1. The van der Waals surface area contributed by atoms with Gasteiger partial charge in [-0.1, -0.05) is 24.3 Å². The van der Waals surface area contributed by atoms with Gasteiger partial charge in [-0.05, 0) is 31.0 Å². The molecule has 4 aromatic rings. The number of piperidine rings is 1. The smallest absolute Gasteiger partial charge is 0.253 e. The molecular formula is C25H23FN4O3S. The number of fused-ring (bicyclic) bond motifs is 1. The number of hydrogen-bond acceptors (Lipinski definition) is 5. The first-order chi connectivity index (χ1) is 16.4. The van der Waals surface area contributed by atoms with Crippen LogP contribution in [0.2, 0.25) is 0 Å². The van der Waals surface area contributed by atoms with Crippen LogP contribution in [-0.4, -0.2) is 60.1 Å². The Hall–Kier alpha value is -3.43. The van der Waals surface area contributed by atoms with Gasteiger partial charge < -0.3 is 10.0 Å². The summed E-state index contributed by atoms with van der Waals surface area (Å²) < 4.78 is 28.2. The summed E-state index contributed by atoms with van der Waals surface area (Å²) in [6.45, 7) is 1.01. The molecule has 34 heavy (non-hydrogen) atoms. The van der Waals surface area contributed by atoms with Crippen LogP contribution >= 0.6 is 0 Å². The van der Waals surface area contributed by atoms with Crippen molar-refractivity contribution >= 4 is 27.6 Å². The van der Waals surface area contributed by atoms with E-state index in [4.69, 9.17) is 0 Å². The zero-order chi connectivity index (χ0) is 23.8. The van der Waals surface area contributed by atoms with Crippen LogP contribution in [0, 0.1) is 5.82 Å². The maximum atomic E-state index is 14.1. The molecule has 0 radical (unpaired) electrons. The highest BCUT2D eigenvalue weighted by atomic mass is 32.2. The highest BCUT2D eigenvalue weighted by molar-refractivity contribution is 7.84. The number of hydrogen-bond donors (Lipinski definition) is 1. The molecule has 7 nitrogen and oxygen atoms in total. The molecule has 3 heterocycles. The predicted molar refractivity (Wildman–Crippen MR) is 128 cm³/mol. The molecule has 1 aliphatic rings. The van der Waals surface area contributed by atoms with E-state index >= 15 is 0 Å². The Morgan fingerprint density at radius 2 is 1.82 bits per heavy atom. The summed E-state index contributed by atoms with van der Waals surface area (Å²) >= 11 is 0. The van der Waals surface area contributed by atoms with Crippen LogP contribution in [0.4, 0.5) is 4.39 Å². The molecular weight excluding hydrogens is 455 g/mol. The number of carbonyl (C=O) groups excluding carboxylic acids is 1. The summed E-state index contributed by atoms with van der Waals surface area (Å²) in [5, 5.41) is 10.5. The summed E-state index contributed by atoms with van der Waals surface area (Å²) in [5.74, 6) is -0.147. The molecule has 0 saturated carbocycles. The lowest BCUT2D eigenvalue weighted by Gasteiger charge is -2.29. The molecule has 1 amide bonds. The van der Waals surface area contributed by atoms with Crippen molar-refractivity contribution in [2.45, 2.75) is 23.8 Å². The van der Waals surface area contributed by atoms with Crippen LogP contribution in [0.25, 0.3) is 28.0 Å². The monoisotopic (exact) mass is 478 g/mol. The van der Waals surface area contributed by atoms with Crippen molar-refractivity contribution in [2.75, 3.05) is 19.3 Å². The summed E-state index contributed by atoms with van der Waals surface area (Å²) in [5.41, 5.74) is 2.11. The molecule has 0 bridgehead atoms. The number of aliphatic hydroxyl groups excluding tert-OH is 1. The van der Waals surface area contributed by atoms with Gasteiger partial charge in [0, 0.05) is 60.0 Å². The maximum absolute atomic E-state index is 14.1. The van der Waals surface area contributed by atoms with Crippen molar-refractivity contribution in [1.82, 2.24) is 19.4 Å². The molecule has 9 heteroatoms. The van der Waals surface area contributed by atoms with Gasteiger partial charge in [0.05, 0.1) is 27.3 Å². The molecule has 1 aliphatic heterocycles. The van der Waals surface area contributed by atoms with Crippen LogP contribution in [0.1, 0.15) is 23.2 Å². The lowest BCUT2D eigenvalue weighted by atomic mass is 10.1. The zero-order valence-electron chi connectivity index (χ0n) is 18.5. The van der Waals surface area contributed by atoms with Crippen LogP contribution in [0.15, 0.2) is 66.0 Å². The zero-order valence-corrected chi connectivity index (χ0v) is 19.3. The lowest BCUT2D eigenvalue weighted by molar-refractivity contribution is 0.0546. The van der Waals surface area contributed by atoms with Gasteiger partial charge in [0.25, 0.3) is 5.91 Å². The van der Waals surface area contributed by atoms with Gasteiger partial charge in [-0.2, -0.15) is 0 Å². The lowest BCUT2D eigenvalue weighted by Crippen LogP contribution is -2.40. The number of likely N-dealkylation sites (tertiary alicyclic amines) is 1. The fourth-order valence-electron chi connectivity index (χ4n) is 4.25. The fraction of sp³-hybridized carbons (Fsp3) is 0.240. The standard InChI is InChI=1S/C25H23FN4O3S/c1-34(33)23-15-30(25-27-13-17(14-28-25)19-4-2-3-5-21(19)26)22-12-16(6-7-20(22)23)24(32)29-10-8-18(31)9-11-29/h2-7,12-15,18,31H,8-11H2,1H3. The van der Waals surface area contributed by atoms with Crippen molar-refractivity contribution in [1.29, 1.82) is 0 Å². The van der Waals surface area contributed by atoms with E-state index < -0.39 is 10.8 Å². The van der Waals surface area contributed by atoms with Gasteiger partial charge in [0.1, 0.15) is 5.82 Å². The molecule has 0 aliphatic carbocycles. The summed E-state index contributed by atoms with van der Waals surface area (Å²) in [4.78, 5) is 24.3. The van der Waals surface area contributed by atoms with E-state index in [0.29, 0.717) is 59.0 Å². The van der Waals surface area contributed by atoms with Gasteiger partial charge in [-0.25, -0.2) is 14.4 Å².